The smallest absolute Gasteiger partial charge is 0.130 e. The fourth-order valence-corrected chi connectivity index (χ4v) is 1.78. The maximum absolute atomic E-state index is 4.28. The van der Waals surface area contributed by atoms with Crippen molar-refractivity contribution in [3.8, 4) is 0 Å². The Bertz CT molecular complexity index is 478. The van der Waals surface area contributed by atoms with E-state index in [9.17, 15) is 0 Å². The van der Waals surface area contributed by atoms with Crippen LogP contribution in [0.15, 0.2) is 24.8 Å². The first-order chi connectivity index (χ1) is 8.70. The van der Waals surface area contributed by atoms with Crippen LogP contribution in [0.25, 0.3) is 0 Å². The lowest BCUT2D eigenvalue weighted by molar-refractivity contribution is 0.698. The topological polar surface area (TPSA) is 66.5 Å². The van der Waals surface area contributed by atoms with Crippen molar-refractivity contribution in [2.75, 3.05) is 5.32 Å². The van der Waals surface area contributed by atoms with Gasteiger partial charge in [0.1, 0.15) is 18.0 Å². The Morgan fingerprint density at radius 2 is 2.11 bits per heavy atom. The van der Waals surface area contributed by atoms with Crippen molar-refractivity contribution in [3.63, 3.8) is 0 Å². The third-order valence-electron chi connectivity index (χ3n) is 2.86. The average molecular weight is 245 g/mol. The molecule has 0 fully saturated rings. The van der Waals surface area contributed by atoms with Gasteiger partial charge in [-0.3, -0.25) is 0 Å². The summed E-state index contributed by atoms with van der Waals surface area (Å²) >= 11 is 0. The second kappa shape index (κ2) is 5.62. The van der Waals surface area contributed by atoms with Crippen LogP contribution in [0, 0.1) is 0 Å². The number of aromatic amines is 1. The highest BCUT2D eigenvalue weighted by molar-refractivity contribution is 5.37. The molecule has 2 N–H and O–H groups in total. The Morgan fingerprint density at radius 3 is 2.72 bits per heavy atom. The highest BCUT2D eigenvalue weighted by atomic mass is 15.1. The number of imidazole rings is 1. The lowest BCUT2D eigenvalue weighted by Crippen LogP contribution is -2.13. The molecule has 18 heavy (non-hydrogen) atoms. The normalized spacial score (nSPS) is 12.7. The minimum Gasteiger partial charge on any atom is -0.360 e. The summed E-state index contributed by atoms with van der Waals surface area (Å²) in [5.41, 5.74) is 1.04. The van der Waals surface area contributed by atoms with E-state index in [-0.39, 0.29) is 6.04 Å². The molecule has 0 radical (unpaired) electrons. The summed E-state index contributed by atoms with van der Waals surface area (Å²) in [6.07, 6.45) is 6.14. The first-order valence-corrected chi connectivity index (χ1v) is 6.28. The third-order valence-corrected chi connectivity index (χ3v) is 2.86. The Balaban J connectivity index is 2.15. The van der Waals surface area contributed by atoms with Crippen LogP contribution in [-0.4, -0.2) is 19.9 Å². The SMILES string of the molecule is CCC(Nc1cc(C(C)C)ncn1)c1ncc[nH]1. The molecule has 2 aromatic heterocycles. The third kappa shape index (κ3) is 2.85. The van der Waals surface area contributed by atoms with E-state index in [0.717, 1.165) is 23.8 Å². The van der Waals surface area contributed by atoms with Crippen LogP contribution in [0.4, 0.5) is 5.82 Å². The second-order valence-corrected chi connectivity index (χ2v) is 4.56. The van der Waals surface area contributed by atoms with E-state index in [1.165, 1.54) is 0 Å². The van der Waals surface area contributed by atoms with Crippen LogP contribution in [0.1, 0.15) is 50.7 Å². The zero-order valence-electron chi connectivity index (χ0n) is 11.0. The highest BCUT2D eigenvalue weighted by Gasteiger charge is 2.12. The summed E-state index contributed by atoms with van der Waals surface area (Å²) in [6, 6.07) is 2.14. The molecule has 0 aliphatic heterocycles. The summed E-state index contributed by atoms with van der Waals surface area (Å²) < 4.78 is 0. The number of nitrogens with one attached hydrogen (secondary N) is 2. The van der Waals surface area contributed by atoms with Gasteiger partial charge in [-0.1, -0.05) is 20.8 Å². The molecule has 2 heterocycles. The van der Waals surface area contributed by atoms with E-state index in [2.05, 4.69) is 46.0 Å². The predicted octanol–water partition coefficient (Wildman–Crippen LogP) is 2.89. The van der Waals surface area contributed by atoms with Crippen LogP contribution in [0.2, 0.25) is 0 Å². The van der Waals surface area contributed by atoms with Crippen LogP contribution in [0.3, 0.4) is 0 Å². The van der Waals surface area contributed by atoms with Crippen LogP contribution in [0.5, 0.6) is 0 Å². The maximum atomic E-state index is 4.28. The van der Waals surface area contributed by atoms with Crippen LogP contribution < -0.4 is 5.32 Å². The first-order valence-electron chi connectivity index (χ1n) is 6.28. The van der Waals surface area contributed by atoms with Gasteiger partial charge in [0.05, 0.1) is 6.04 Å². The van der Waals surface area contributed by atoms with E-state index < -0.39 is 0 Å². The molecule has 0 aliphatic rings. The lowest BCUT2D eigenvalue weighted by atomic mass is 10.1. The van der Waals surface area contributed by atoms with Crippen molar-refractivity contribution in [2.45, 2.75) is 39.2 Å². The van der Waals surface area contributed by atoms with Gasteiger partial charge >= 0.3 is 0 Å². The maximum Gasteiger partial charge on any atom is 0.130 e. The number of aromatic nitrogens is 4. The lowest BCUT2D eigenvalue weighted by Gasteiger charge is -2.16. The molecule has 1 unspecified atom stereocenters. The zero-order chi connectivity index (χ0) is 13.0. The molecule has 1 atom stereocenters. The molecule has 2 rings (SSSR count). The minimum atomic E-state index is 0.148. The van der Waals surface area contributed by atoms with Gasteiger partial charge in [0.2, 0.25) is 0 Å². The number of nitrogens with zero attached hydrogens (tertiary/aromatic N) is 3. The van der Waals surface area contributed by atoms with E-state index in [4.69, 9.17) is 0 Å². The zero-order valence-corrected chi connectivity index (χ0v) is 11.0. The molecule has 0 saturated heterocycles. The fraction of sp³-hybridized carbons (Fsp3) is 0.462. The van der Waals surface area contributed by atoms with Crippen molar-refractivity contribution >= 4 is 5.82 Å². The summed E-state index contributed by atoms with van der Waals surface area (Å²) in [7, 11) is 0. The van der Waals surface area contributed by atoms with Crippen molar-refractivity contribution < 1.29 is 0 Å². The molecule has 96 valence electrons. The monoisotopic (exact) mass is 245 g/mol. The van der Waals surface area contributed by atoms with E-state index in [0.29, 0.717) is 5.92 Å². The van der Waals surface area contributed by atoms with Gasteiger partial charge < -0.3 is 10.3 Å². The predicted molar refractivity (Wildman–Crippen MR) is 71.4 cm³/mol. The number of hydrogen-bond donors (Lipinski definition) is 2. The molecule has 2 aromatic rings. The molecule has 0 amide bonds. The number of hydrogen-bond acceptors (Lipinski definition) is 4. The van der Waals surface area contributed by atoms with Gasteiger partial charge in [0, 0.05) is 24.2 Å². The van der Waals surface area contributed by atoms with Gasteiger partial charge in [-0.15, -0.1) is 0 Å². The first kappa shape index (κ1) is 12.5. The molecule has 5 nitrogen and oxygen atoms in total. The molecular formula is C13H19N5. The van der Waals surface area contributed by atoms with Crippen LogP contribution in [-0.2, 0) is 0 Å². The highest BCUT2D eigenvalue weighted by Crippen LogP contribution is 2.20. The molecule has 0 saturated carbocycles. The molecule has 0 aliphatic carbocycles. The molecule has 0 bridgehead atoms. The Morgan fingerprint density at radius 1 is 1.28 bits per heavy atom. The number of rotatable bonds is 5. The van der Waals surface area contributed by atoms with Crippen molar-refractivity contribution in [1.29, 1.82) is 0 Å². The second-order valence-electron chi connectivity index (χ2n) is 4.56. The van der Waals surface area contributed by atoms with Crippen molar-refractivity contribution in [2.24, 2.45) is 0 Å². The summed E-state index contributed by atoms with van der Waals surface area (Å²) in [4.78, 5) is 15.9. The summed E-state index contributed by atoms with van der Waals surface area (Å²) in [5, 5.41) is 3.38. The quantitative estimate of drug-likeness (QED) is 0.850. The van der Waals surface area contributed by atoms with Crippen molar-refractivity contribution in [3.05, 3.63) is 36.3 Å². The van der Waals surface area contributed by atoms with E-state index in [1.807, 2.05) is 12.3 Å². The summed E-state index contributed by atoms with van der Waals surface area (Å²) in [6.45, 7) is 6.36. The van der Waals surface area contributed by atoms with Gasteiger partial charge in [-0.25, -0.2) is 15.0 Å². The van der Waals surface area contributed by atoms with E-state index in [1.54, 1.807) is 12.5 Å². The van der Waals surface area contributed by atoms with Gasteiger partial charge in [0.25, 0.3) is 0 Å². The Hall–Kier alpha value is -1.91. The minimum absolute atomic E-state index is 0.148. The Kier molecular flexibility index (Phi) is 3.92. The Labute approximate surface area is 107 Å². The molecule has 5 heteroatoms. The summed E-state index contributed by atoms with van der Waals surface area (Å²) in [5.74, 6) is 2.18. The largest absolute Gasteiger partial charge is 0.360 e. The molecule has 0 aromatic carbocycles. The van der Waals surface area contributed by atoms with Gasteiger partial charge in [-0.05, 0) is 12.3 Å². The van der Waals surface area contributed by atoms with Crippen molar-refractivity contribution in [1.82, 2.24) is 19.9 Å². The number of anilines is 1. The van der Waals surface area contributed by atoms with E-state index >= 15 is 0 Å². The molecular weight excluding hydrogens is 226 g/mol. The van der Waals surface area contributed by atoms with Crippen LogP contribution >= 0.6 is 0 Å². The standard InChI is InChI=1S/C13H19N5/c1-4-10(13-14-5-6-15-13)18-12-7-11(9(2)3)16-8-17-12/h5-10H,4H2,1-3H3,(H,14,15)(H,16,17,18). The van der Waals surface area contributed by atoms with Gasteiger partial charge in [-0.2, -0.15) is 0 Å². The van der Waals surface area contributed by atoms with Gasteiger partial charge in [0.15, 0.2) is 0 Å². The number of H-pyrrole nitrogens is 1. The molecule has 0 spiro atoms. The fourth-order valence-electron chi connectivity index (χ4n) is 1.78. The average Bonchev–Trinajstić information content (AvgIpc) is 2.90.